The number of hydrogen-bond acceptors (Lipinski definition) is 3. The van der Waals surface area contributed by atoms with Gasteiger partial charge in [0.2, 0.25) is 0 Å². The first-order chi connectivity index (χ1) is 8.86. The Bertz CT molecular complexity index is 388. The van der Waals surface area contributed by atoms with E-state index in [-0.39, 0.29) is 0 Å². The topological polar surface area (TPSA) is 38.1 Å². The van der Waals surface area contributed by atoms with Gasteiger partial charge in [-0.15, -0.1) is 0 Å². The summed E-state index contributed by atoms with van der Waals surface area (Å²) in [7, 11) is 0. The predicted octanol–water partition coefficient (Wildman–Crippen LogP) is 3.12. The molecule has 1 aromatic heterocycles. The van der Waals surface area contributed by atoms with Gasteiger partial charge in [-0.3, -0.25) is 0 Å². The molecule has 1 N–H and O–H groups in total. The van der Waals surface area contributed by atoms with E-state index < -0.39 is 0 Å². The average molecular weight is 248 g/mol. The summed E-state index contributed by atoms with van der Waals surface area (Å²) in [4.78, 5) is 4.45. The zero-order valence-corrected chi connectivity index (χ0v) is 11.3. The highest BCUT2D eigenvalue weighted by atomic mass is 16.4. The van der Waals surface area contributed by atoms with Crippen LogP contribution in [0.25, 0.3) is 0 Å². The van der Waals surface area contributed by atoms with Crippen LogP contribution in [-0.2, 0) is 6.42 Å². The summed E-state index contributed by atoms with van der Waals surface area (Å²) in [5, 5.41) is 3.33. The summed E-state index contributed by atoms with van der Waals surface area (Å²) >= 11 is 0. The van der Waals surface area contributed by atoms with Crippen molar-refractivity contribution in [1.29, 1.82) is 0 Å². The Labute approximate surface area is 109 Å². The fourth-order valence-electron chi connectivity index (χ4n) is 3.75. The molecule has 2 aliphatic carbocycles. The van der Waals surface area contributed by atoms with Gasteiger partial charge >= 0.3 is 0 Å². The van der Waals surface area contributed by atoms with Gasteiger partial charge in [0.1, 0.15) is 5.76 Å². The molecule has 0 saturated heterocycles. The third-order valence-electron chi connectivity index (χ3n) is 4.67. The molecule has 18 heavy (non-hydrogen) atoms. The Morgan fingerprint density at radius 1 is 1.39 bits per heavy atom. The minimum atomic E-state index is 0.679. The molecule has 3 rings (SSSR count). The lowest BCUT2D eigenvalue weighted by molar-refractivity contribution is 0.343. The van der Waals surface area contributed by atoms with Crippen LogP contribution in [-0.4, -0.2) is 18.1 Å². The van der Waals surface area contributed by atoms with E-state index in [1.807, 2.05) is 6.20 Å². The van der Waals surface area contributed by atoms with E-state index in [2.05, 4.69) is 17.2 Å². The molecular weight excluding hydrogens is 224 g/mol. The molecule has 100 valence electrons. The normalized spacial score (nSPS) is 30.2. The van der Waals surface area contributed by atoms with E-state index in [4.69, 9.17) is 4.42 Å². The van der Waals surface area contributed by atoms with Gasteiger partial charge in [-0.2, -0.15) is 0 Å². The third-order valence-corrected chi connectivity index (χ3v) is 4.67. The second-order valence-corrected chi connectivity index (χ2v) is 5.89. The van der Waals surface area contributed by atoms with Crippen LogP contribution in [0.1, 0.15) is 56.6 Å². The molecule has 2 fully saturated rings. The maximum atomic E-state index is 5.96. The Morgan fingerprint density at radius 3 is 3.06 bits per heavy atom. The smallest absolute Gasteiger partial charge is 0.194 e. The summed E-state index contributed by atoms with van der Waals surface area (Å²) < 4.78 is 5.96. The van der Waals surface area contributed by atoms with E-state index in [1.165, 1.54) is 31.4 Å². The van der Waals surface area contributed by atoms with Crippen molar-refractivity contribution in [3.8, 4) is 0 Å². The Balaban J connectivity index is 1.53. The minimum absolute atomic E-state index is 0.679. The molecule has 0 radical (unpaired) electrons. The lowest BCUT2D eigenvalue weighted by Crippen LogP contribution is -2.14. The van der Waals surface area contributed by atoms with Crippen molar-refractivity contribution < 1.29 is 4.42 Å². The molecule has 3 nitrogen and oxygen atoms in total. The van der Waals surface area contributed by atoms with Crippen LogP contribution in [0, 0.1) is 11.8 Å². The first-order valence-electron chi connectivity index (χ1n) is 7.52. The molecule has 3 heteroatoms. The van der Waals surface area contributed by atoms with Crippen molar-refractivity contribution in [2.75, 3.05) is 13.1 Å². The van der Waals surface area contributed by atoms with Crippen molar-refractivity contribution >= 4 is 0 Å². The van der Waals surface area contributed by atoms with Gasteiger partial charge in [0.05, 0.1) is 6.20 Å². The maximum Gasteiger partial charge on any atom is 0.194 e. The molecule has 1 heterocycles. The molecule has 2 aliphatic rings. The first kappa shape index (κ1) is 12.2. The number of oxazole rings is 1. The fraction of sp³-hybridized carbons (Fsp3) is 0.800. The minimum Gasteiger partial charge on any atom is -0.445 e. The monoisotopic (exact) mass is 248 g/mol. The van der Waals surface area contributed by atoms with Gasteiger partial charge in [-0.25, -0.2) is 4.98 Å². The molecule has 0 amide bonds. The summed E-state index contributed by atoms with van der Waals surface area (Å²) in [6.07, 6.45) is 9.71. The van der Waals surface area contributed by atoms with Crippen LogP contribution in [0.5, 0.6) is 0 Å². The van der Waals surface area contributed by atoms with E-state index in [9.17, 15) is 0 Å². The van der Waals surface area contributed by atoms with Crippen LogP contribution in [0.2, 0.25) is 0 Å². The summed E-state index contributed by atoms with van der Waals surface area (Å²) in [6, 6.07) is 0. The lowest BCUT2D eigenvalue weighted by atomic mass is 9.87. The second-order valence-electron chi connectivity index (χ2n) is 5.89. The Morgan fingerprint density at radius 2 is 2.33 bits per heavy atom. The summed E-state index contributed by atoms with van der Waals surface area (Å²) in [6.45, 7) is 4.24. The zero-order chi connectivity index (χ0) is 12.4. The number of rotatable bonds is 6. The second kappa shape index (κ2) is 5.43. The number of nitrogens with one attached hydrogen (secondary N) is 1. The zero-order valence-electron chi connectivity index (χ0n) is 11.3. The van der Waals surface area contributed by atoms with Crippen LogP contribution < -0.4 is 5.32 Å². The van der Waals surface area contributed by atoms with Gasteiger partial charge in [0.15, 0.2) is 5.89 Å². The SMILES string of the molecule is CCNCCCc1ncc(C2CC3CCC2C3)o1. The predicted molar refractivity (Wildman–Crippen MR) is 71.6 cm³/mol. The summed E-state index contributed by atoms with van der Waals surface area (Å²) in [5.41, 5.74) is 0. The van der Waals surface area contributed by atoms with Crippen molar-refractivity contribution in [3.05, 3.63) is 17.8 Å². The molecule has 3 unspecified atom stereocenters. The van der Waals surface area contributed by atoms with Gasteiger partial charge in [-0.05, 0) is 50.6 Å². The first-order valence-corrected chi connectivity index (χ1v) is 7.52. The van der Waals surface area contributed by atoms with Gasteiger partial charge in [0.25, 0.3) is 0 Å². The largest absolute Gasteiger partial charge is 0.445 e. The van der Waals surface area contributed by atoms with E-state index in [1.54, 1.807) is 0 Å². The van der Waals surface area contributed by atoms with E-state index >= 15 is 0 Å². The number of fused-ring (bicyclic) bond motifs is 2. The molecule has 1 aromatic rings. The highest BCUT2D eigenvalue weighted by Crippen LogP contribution is 2.52. The maximum absolute atomic E-state index is 5.96. The van der Waals surface area contributed by atoms with Crippen molar-refractivity contribution in [2.45, 2.75) is 51.4 Å². The standard InChI is InChI=1S/C15H24N2O/c1-2-16-7-3-4-15-17-10-14(18-15)13-9-11-5-6-12(13)8-11/h10-13,16H,2-9H2,1H3. The van der Waals surface area contributed by atoms with E-state index in [0.717, 1.165) is 43.7 Å². The molecule has 0 aliphatic heterocycles. The van der Waals surface area contributed by atoms with Crippen LogP contribution in [0.3, 0.4) is 0 Å². The molecule has 2 bridgehead atoms. The van der Waals surface area contributed by atoms with Gasteiger partial charge in [-0.1, -0.05) is 13.3 Å². The quantitative estimate of drug-likeness (QED) is 0.786. The number of aromatic nitrogens is 1. The molecule has 0 spiro atoms. The van der Waals surface area contributed by atoms with Crippen molar-refractivity contribution in [3.63, 3.8) is 0 Å². The number of hydrogen-bond donors (Lipinski definition) is 1. The van der Waals surface area contributed by atoms with E-state index in [0.29, 0.717) is 5.92 Å². The highest BCUT2D eigenvalue weighted by Gasteiger charge is 2.41. The lowest BCUT2D eigenvalue weighted by Gasteiger charge is -2.18. The fourth-order valence-corrected chi connectivity index (χ4v) is 3.75. The van der Waals surface area contributed by atoms with Gasteiger partial charge in [0, 0.05) is 12.3 Å². The molecule has 3 atom stereocenters. The van der Waals surface area contributed by atoms with Gasteiger partial charge < -0.3 is 9.73 Å². The Hall–Kier alpha value is -0.830. The van der Waals surface area contributed by atoms with Crippen LogP contribution >= 0.6 is 0 Å². The van der Waals surface area contributed by atoms with Crippen LogP contribution in [0.15, 0.2) is 10.6 Å². The number of aryl methyl sites for hydroxylation is 1. The molecule has 0 aromatic carbocycles. The van der Waals surface area contributed by atoms with Crippen molar-refractivity contribution in [2.24, 2.45) is 11.8 Å². The summed E-state index contributed by atoms with van der Waals surface area (Å²) in [5.74, 6) is 4.64. The Kier molecular flexibility index (Phi) is 3.69. The average Bonchev–Trinajstić information content (AvgIpc) is 3.09. The van der Waals surface area contributed by atoms with Crippen LogP contribution in [0.4, 0.5) is 0 Å². The molecule has 2 saturated carbocycles. The number of nitrogens with zero attached hydrogens (tertiary/aromatic N) is 1. The third kappa shape index (κ3) is 2.46. The molecular formula is C15H24N2O. The van der Waals surface area contributed by atoms with Crippen molar-refractivity contribution in [1.82, 2.24) is 10.3 Å². The highest BCUT2D eigenvalue weighted by molar-refractivity contribution is 5.10.